The molecule has 0 radical (unpaired) electrons. The lowest BCUT2D eigenvalue weighted by atomic mass is 9.93. The second kappa shape index (κ2) is 2.51. The van der Waals surface area contributed by atoms with Gasteiger partial charge in [-0.25, -0.2) is 0 Å². The molecule has 1 saturated heterocycles. The molecule has 0 atom stereocenters. The zero-order valence-corrected chi connectivity index (χ0v) is 7.29. The van der Waals surface area contributed by atoms with E-state index in [2.05, 4.69) is 24.4 Å². The molecule has 9 heavy (non-hydrogen) atoms. The highest BCUT2D eigenvalue weighted by Crippen LogP contribution is 2.31. The van der Waals surface area contributed by atoms with Crippen molar-refractivity contribution in [3.05, 3.63) is 0 Å². The topological polar surface area (TPSA) is 3.24 Å². The van der Waals surface area contributed by atoms with Crippen LogP contribution in [0.3, 0.4) is 0 Å². The van der Waals surface area contributed by atoms with Crippen LogP contribution in [0.15, 0.2) is 0 Å². The Morgan fingerprint density at radius 1 is 1.44 bits per heavy atom. The van der Waals surface area contributed by atoms with Crippen molar-refractivity contribution in [3.63, 3.8) is 0 Å². The SMILES string of the molecule is CSN1CCC(C)(C)C1. The second-order valence-corrected chi connectivity index (χ2v) is 4.34. The van der Waals surface area contributed by atoms with Crippen molar-refractivity contribution in [2.75, 3.05) is 19.3 Å². The van der Waals surface area contributed by atoms with Crippen LogP contribution in [0.5, 0.6) is 0 Å². The van der Waals surface area contributed by atoms with Gasteiger partial charge in [-0.2, -0.15) is 0 Å². The van der Waals surface area contributed by atoms with Gasteiger partial charge >= 0.3 is 0 Å². The van der Waals surface area contributed by atoms with Crippen molar-refractivity contribution in [1.29, 1.82) is 0 Å². The van der Waals surface area contributed by atoms with E-state index in [0.29, 0.717) is 5.41 Å². The van der Waals surface area contributed by atoms with E-state index in [4.69, 9.17) is 0 Å². The zero-order chi connectivity index (χ0) is 6.91. The normalized spacial score (nSPS) is 27.0. The minimum Gasteiger partial charge on any atom is -0.250 e. The van der Waals surface area contributed by atoms with Gasteiger partial charge in [-0.3, -0.25) is 4.31 Å². The monoisotopic (exact) mass is 145 g/mol. The Balaban J connectivity index is 2.38. The van der Waals surface area contributed by atoms with Gasteiger partial charge in [-0.05, 0) is 18.1 Å². The van der Waals surface area contributed by atoms with Crippen LogP contribution < -0.4 is 0 Å². The van der Waals surface area contributed by atoms with E-state index < -0.39 is 0 Å². The minimum absolute atomic E-state index is 0.572. The first kappa shape index (κ1) is 7.42. The summed E-state index contributed by atoms with van der Waals surface area (Å²) in [5, 5.41) is 0. The van der Waals surface area contributed by atoms with E-state index in [1.54, 1.807) is 0 Å². The Kier molecular flexibility index (Phi) is 2.07. The Bertz CT molecular complexity index is 101. The summed E-state index contributed by atoms with van der Waals surface area (Å²) in [4.78, 5) is 0. The summed E-state index contributed by atoms with van der Waals surface area (Å²) in [6.07, 6.45) is 3.51. The summed E-state index contributed by atoms with van der Waals surface area (Å²) in [6.45, 7) is 7.20. The van der Waals surface area contributed by atoms with E-state index in [9.17, 15) is 0 Å². The van der Waals surface area contributed by atoms with Gasteiger partial charge in [0.05, 0.1) is 0 Å². The van der Waals surface area contributed by atoms with Gasteiger partial charge in [0.15, 0.2) is 0 Å². The van der Waals surface area contributed by atoms with Crippen molar-refractivity contribution in [2.45, 2.75) is 20.3 Å². The number of hydrogen-bond donors (Lipinski definition) is 0. The Morgan fingerprint density at radius 3 is 2.33 bits per heavy atom. The second-order valence-electron chi connectivity index (χ2n) is 3.46. The van der Waals surface area contributed by atoms with Gasteiger partial charge in [0.1, 0.15) is 0 Å². The molecule has 0 spiro atoms. The standard InChI is InChI=1S/C7H15NS/c1-7(2)4-5-8(6-7)9-3/h4-6H2,1-3H3. The largest absolute Gasteiger partial charge is 0.250 e. The lowest BCUT2D eigenvalue weighted by molar-refractivity contribution is 0.390. The van der Waals surface area contributed by atoms with Crippen molar-refractivity contribution < 1.29 is 0 Å². The van der Waals surface area contributed by atoms with Crippen LogP contribution in [0.1, 0.15) is 20.3 Å². The molecule has 2 heteroatoms. The molecule has 0 aromatic rings. The maximum atomic E-state index is 2.43. The van der Waals surface area contributed by atoms with Crippen LogP contribution in [0.2, 0.25) is 0 Å². The van der Waals surface area contributed by atoms with Gasteiger partial charge in [-0.1, -0.05) is 25.8 Å². The highest BCUT2D eigenvalue weighted by atomic mass is 32.2. The maximum absolute atomic E-state index is 2.43. The van der Waals surface area contributed by atoms with Crippen molar-refractivity contribution in [2.24, 2.45) is 5.41 Å². The number of hydrogen-bond acceptors (Lipinski definition) is 2. The number of nitrogens with zero attached hydrogens (tertiary/aromatic N) is 1. The molecule has 1 fully saturated rings. The predicted molar refractivity (Wildman–Crippen MR) is 43.5 cm³/mol. The molecule has 0 bridgehead atoms. The van der Waals surface area contributed by atoms with Crippen LogP contribution in [0, 0.1) is 5.41 Å². The fourth-order valence-electron chi connectivity index (χ4n) is 1.22. The third kappa shape index (κ3) is 1.87. The maximum Gasteiger partial charge on any atom is 0.0141 e. The van der Waals surface area contributed by atoms with Crippen molar-refractivity contribution in [1.82, 2.24) is 4.31 Å². The Labute approximate surface area is 61.9 Å². The zero-order valence-electron chi connectivity index (χ0n) is 6.48. The molecular formula is C7H15NS. The van der Waals surface area contributed by atoms with E-state index in [-0.39, 0.29) is 0 Å². The fraction of sp³-hybridized carbons (Fsp3) is 1.00. The molecule has 54 valence electrons. The summed E-state index contributed by atoms with van der Waals surface area (Å²) in [5.41, 5.74) is 0.572. The number of rotatable bonds is 1. The average Bonchev–Trinajstić information content (AvgIpc) is 2.10. The third-order valence-corrected chi connectivity index (χ3v) is 2.73. The molecule has 0 amide bonds. The van der Waals surface area contributed by atoms with Gasteiger partial charge in [-0.15, -0.1) is 0 Å². The van der Waals surface area contributed by atoms with Crippen LogP contribution >= 0.6 is 11.9 Å². The molecule has 1 nitrogen and oxygen atoms in total. The molecule has 0 aliphatic carbocycles. The molecule has 0 saturated carbocycles. The van der Waals surface area contributed by atoms with Gasteiger partial charge in [0.2, 0.25) is 0 Å². The molecular weight excluding hydrogens is 130 g/mol. The fourth-order valence-corrected chi connectivity index (χ4v) is 1.97. The van der Waals surface area contributed by atoms with E-state index >= 15 is 0 Å². The van der Waals surface area contributed by atoms with Gasteiger partial charge in [0.25, 0.3) is 0 Å². The summed E-state index contributed by atoms with van der Waals surface area (Å²) in [6, 6.07) is 0. The minimum atomic E-state index is 0.572. The lowest BCUT2D eigenvalue weighted by Crippen LogP contribution is -2.16. The molecule has 1 aliphatic rings. The molecule has 0 aromatic carbocycles. The smallest absolute Gasteiger partial charge is 0.0141 e. The third-order valence-electron chi connectivity index (χ3n) is 1.90. The summed E-state index contributed by atoms with van der Waals surface area (Å²) in [7, 11) is 0. The molecule has 1 aliphatic heterocycles. The molecule has 1 heterocycles. The van der Waals surface area contributed by atoms with Crippen LogP contribution in [0.4, 0.5) is 0 Å². The summed E-state index contributed by atoms with van der Waals surface area (Å²) >= 11 is 1.87. The molecule has 1 rings (SSSR count). The average molecular weight is 145 g/mol. The Morgan fingerprint density at radius 2 is 2.11 bits per heavy atom. The van der Waals surface area contributed by atoms with Crippen LogP contribution in [-0.4, -0.2) is 23.7 Å². The van der Waals surface area contributed by atoms with Crippen molar-refractivity contribution >= 4 is 11.9 Å². The van der Waals surface area contributed by atoms with Crippen LogP contribution in [-0.2, 0) is 0 Å². The highest BCUT2D eigenvalue weighted by molar-refractivity contribution is 7.96. The highest BCUT2D eigenvalue weighted by Gasteiger charge is 2.28. The Hall–Kier alpha value is 0.310. The summed E-state index contributed by atoms with van der Waals surface area (Å²) in [5.74, 6) is 0. The van der Waals surface area contributed by atoms with Gasteiger partial charge in [0, 0.05) is 13.1 Å². The van der Waals surface area contributed by atoms with E-state index in [1.165, 1.54) is 19.5 Å². The van der Waals surface area contributed by atoms with Crippen LogP contribution in [0.25, 0.3) is 0 Å². The first-order valence-electron chi connectivity index (χ1n) is 3.43. The quantitative estimate of drug-likeness (QED) is 0.519. The molecule has 0 unspecified atom stereocenters. The first-order chi connectivity index (χ1) is 4.14. The van der Waals surface area contributed by atoms with E-state index in [0.717, 1.165) is 0 Å². The van der Waals surface area contributed by atoms with Gasteiger partial charge < -0.3 is 0 Å². The first-order valence-corrected chi connectivity index (χ1v) is 4.61. The molecule has 0 N–H and O–H groups in total. The predicted octanol–water partition coefficient (Wildman–Crippen LogP) is 2.00. The summed E-state index contributed by atoms with van der Waals surface area (Å²) < 4.78 is 2.43. The van der Waals surface area contributed by atoms with E-state index in [1.807, 2.05) is 11.9 Å². The molecule has 0 aromatic heterocycles. The van der Waals surface area contributed by atoms with Crippen molar-refractivity contribution in [3.8, 4) is 0 Å². The lowest BCUT2D eigenvalue weighted by Gasteiger charge is -2.16.